The summed E-state index contributed by atoms with van der Waals surface area (Å²) in [6.45, 7) is 0. The van der Waals surface area contributed by atoms with Crippen LogP contribution < -0.4 is 5.56 Å². The van der Waals surface area contributed by atoms with Gasteiger partial charge in [-0.1, -0.05) is 12.5 Å². The minimum atomic E-state index is -1.02. The number of aromatic amines is 1. The van der Waals surface area contributed by atoms with Gasteiger partial charge in [-0.3, -0.25) is 4.79 Å². The van der Waals surface area contributed by atoms with Crippen LogP contribution in [0.5, 0.6) is 0 Å². The van der Waals surface area contributed by atoms with Gasteiger partial charge in [-0.2, -0.15) is 5.10 Å². The first-order chi connectivity index (χ1) is 13.1. The molecule has 1 aliphatic rings. The number of nitrogens with zero attached hydrogens (tertiary/aromatic N) is 2. The van der Waals surface area contributed by atoms with E-state index in [4.69, 9.17) is 5.10 Å². The third-order valence-electron chi connectivity index (χ3n) is 5.53. The van der Waals surface area contributed by atoms with Crippen LogP contribution >= 0.6 is 0 Å². The van der Waals surface area contributed by atoms with Gasteiger partial charge in [-0.05, 0) is 42.7 Å². The smallest absolute Gasteiger partial charge is 0.248 e. The summed E-state index contributed by atoms with van der Waals surface area (Å²) >= 11 is 0. The van der Waals surface area contributed by atoms with Crippen molar-refractivity contribution in [3.05, 3.63) is 81.4 Å². The molecule has 136 valence electrons. The molecule has 1 aliphatic carbocycles. The summed E-state index contributed by atoms with van der Waals surface area (Å²) in [7, 11) is 0. The highest BCUT2D eigenvalue weighted by Crippen LogP contribution is 2.39. The largest absolute Gasteiger partial charge is 0.319 e. The Hall–Kier alpha value is -3.02. The van der Waals surface area contributed by atoms with E-state index in [9.17, 15) is 13.6 Å². The van der Waals surface area contributed by atoms with Crippen molar-refractivity contribution in [1.29, 1.82) is 0 Å². The quantitative estimate of drug-likeness (QED) is 0.588. The second-order valence-electron chi connectivity index (χ2n) is 7.14. The number of aromatic nitrogens is 3. The van der Waals surface area contributed by atoms with Crippen LogP contribution in [-0.4, -0.2) is 14.6 Å². The molecule has 0 amide bonds. The van der Waals surface area contributed by atoms with Crippen molar-refractivity contribution in [2.24, 2.45) is 0 Å². The Morgan fingerprint density at radius 1 is 1.19 bits per heavy atom. The number of halogens is 2. The number of hydrogen-bond acceptors (Lipinski definition) is 2. The van der Waals surface area contributed by atoms with E-state index >= 15 is 0 Å². The molecule has 0 unspecified atom stereocenters. The zero-order chi connectivity index (χ0) is 18.5. The van der Waals surface area contributed by atoms with Crippen molar-refractivity contribution in [3.8, 4) is 0 Å². The van der Waals surface area contributed by atoms with E-state index in [1.165, 1.54) is 18.6 Å². The summed E-state index contributed by atoms with van der Waals surface area (Å²) in [4.78, 5) is 14.5. The number of rotatable bonds is 3. The van der Waals surface area contributed by atoms with Gasteiger partial charge in [-0.15, -0.1) is 0 Å². The lowest BCUT2D eigenvalue weighted by Gasteiger charge is -2.24. The van der Waals surface area contributed by atoms with Gasteiger partial charge in [-0.25, -0.2) is 13.3 Å². The number of hydrogen-bond donors (Lipinski definition) is 1. The zero-order valence-corrected chi connectivity index (χ0v) is 14.5. The van der Waals surface area contributed by atoms with Gasteiger partial charge in [0.05, 0.1) is 16.7 Å². The van der Waals surface area contributed by atoms with Crippen molar-refractivity contribution in [2.45, 2.75) is 31.6 Å². The Labute approximate surface area is 153 Å². The van der Waals surface area contributed by atoms with Gasteiger partial charge >= 0.3 is 0 Å². The molecule has 6 heteroatoms. The van der Waals surface area contributed by atoms with E-state index in [0.717, 1.165) is 35.7 Å². The van der Waals surface area contributed by atoms with Crippen molar-refractivity contribution in [3.63, 3.8) is 0 Å². The Kier molecular flexibility index (Phi) is 3.60. The van der Waals surface area contributed by atoms with Crippen LogP contribution in [0.15, 0.2) is 47.4 Å². The molecule has 1 saturated carbocycles. The van der Waals surface area contributed by atoms with Crippen LogP contribution in [0.1, 0.15) is 42.0 Å². The molecule has 3 heterocycles. The molecule has 1 fully saturated rings. The van der Waals surface area contributed by atoms with E-state index in [1.807, 2.05) is 28.9 Å². The molecular weight excluding hydrogens is 348 g/mol. The summed E-state index contributed by atoms with van der Waals surface area (Å²) in [6.07, 6.45) is 5.76. The highest BCUT2D eigenvalue weighted by atomic mass is 19.2. The molecule has 0 atom stereocenters. The van der Waals surface area contributed by atoms with Crippen molar-refractivity contribution >= 4 is 16.4 Å². The summed E-state index contributed by atoms with van der Waals surface area (Å²) < 4.78 is 29.7. The summed E-state index contributed by atoms with van der Waals surface area (Å²) in [5.41, 5.74) is 3.23. The highest BCUT2D eigenvalue weighted by molar-refractivity contribution is 5.83. The van der Waals surface area contributed by atoms with Gasteiger partial charge < -0.3 is 4.98 Å². The number of fused-ring (bicyclic) bond motifs is 2. The Balaban J connectivity index is 1.72. The SMILES string of the molecule is O=c1cc(Cc2c(C3CCC3)nn3ccccc23)c2ccc(F)c(F)c2[nH]1. The minimum absolute atomic E-state index is 0.0841. The molecule has 27 heavy (non-hydrogen) atoms. The molecule has 1 N–H and O–H groups in total. The second kappa shape index (κ2) is 6.01. The molecule has 0 aliphatic heterocycles. The third-order valence-corrected chi connectivity index (χ3v) is 5.53. The number of pyridine rings is 2. The predicted molar refractivity (Wildman–Crippen MR) is 99.1 cm³/mol. The first-order valence-corrected chi connectivity index (χ1v) is 9.08. The van der Waals surface area contributed by atoms with Crippen LogP contribution in [0.25, 0.3) is 16.4 Å². The monoisotopic (exact) mass is 365 g/mol. The van der Waals surface area contributed by atoms with E-state index in [-0.39, 0.29) is 5.52 Å². The summed E-state index contributed by atoms with van der Waals surface area (Å²) in [5, 5.41) is 5.28. The van der Waals surface area contributed by atoms with Crippen LogP contribution in [-0.2, 0) is 6.42 Å². The van der Waals surface area contributed by atoms with Crippen molar-refractivity contribution in [2.75, 3.05) is 0 Å². The van der Waals surface area contributed by atoms with Crippen LogP contribution in [0, 0.1) is 11.6 Å². The normalized spacial score (nSPS) is 14.7. The average molecular weight is 365 g/mol. The number of nitrogens with one attached hydrogen (secondary N) is 1. The fraction of sp³-hybridized carbons (Fsp3) is 0.238. The van der Waals surface area contributed by atoms with E-state index in [0.29, 0.717) is 23.3 Å². The molecule has 4 aromatic rings. The summed E-state index contributed by atoms with van der Waals surface area (Å²) in [5.74, 6) is -1.57. The molecule has 4 nitrogen and oxygen atoms in total. The Bertz CT molecular complexity index is 1240. The molecule has 3 aromatic heterocycles. The lowest BCUT2D eigenvalue weighted by atomic mass is 9.80. The lowest BCUT2D eigenvalue weighted by Crippen LogP contribution is -2.13. The fourth-order valence-corrected chi connectivity index (χ4v) is 3.93. The standard InChI is InChI=1S/C21H17F2N3O/c22-16-8-7-14-13(11-18(27)24-21(14)19(16)23)10-15-17-6-1-2-9-26(17)25-20(15)12-4-3-5-12/h1-2,6-9,11-12H,3-5,10H2,(H,24,27). The Morgan fingerprint density at radius 2 is 2.04 bits per heavy atom. The average Bonchev–Trinajstić information content (AvgIpc) is 2.95. The second-order valence-corrected chi connectivity index (χ2v) is 7.14. The molecular formula is C21H17F2N3O. The predicted octanol–water partition coefficient (Wildman–Crippen LogP) is 4.31. The van der Waals surface area contributed by atoms with Gasteiger partial charge in [0.2, 0.25) is 5.56 Å². The summed E-state index contributed by atoms with van der Waals surface area (Å²) in [6, 6.07) is 9.97. The maximum absolute atomic E-state index is 14.2. The fourth-order valence-electron chi connectivity index (χ4n) is 3.93. The van der Waals surface area contributed by atoms with E-state index < -0.39 is 17.2 Å². The van der Waals surface area contributed by atoms with Crippen LogP contribution in [0.3, 0.4) is 0 Å². The van der Waals surface area contributed by atoms with E-state index in [2.05, 4.69) is 4.98 Å². The maximum Gasteiger partial charge on any atom is 0.248 e. The number of H-pyrrole nitrogens is 1. The van der Waals surface area contributed by atoms with Gasteiger partial charge in [0, 0.05) is 35.6 Å². The third kappa shape index (κ3) is 2.55. The van der Waals surface area contributed by atoms with Gasteiger partial charge in [0.1, 0.15) is 0 Å². The van der Waals surface area contributed by atoms with Crippen molar-refractivity contribution < 1.29 is 8.78 Å². The Morgan fingerprint density at radius 3 is 2.81 bits per heavy atom. The molecule has 1 aromatic carbocycles. The highest BCUT2D eigenvalue weighted by Gasteiger charge is 2.27. The number of benzene rings is 1. The lowest BCUT2D eigenvalue weighted by molar-refractivity contribution is 0.407. The molecule has 0 spiro atoms. The topological polar surface area (TPSA) is 50.2 Å². The first-order valence-electron chi connectivity index (χ1n) is 9.08. The van der Waals surface area contributed by atoms with Gasteiger partial charge in [0.15, 0.2) is 11.6 Å². The first kappa shape index (κ1) is 16.2. The van der Waals surface area contributed by atoms with Gasteiger partial charge in [0.25, 0.3) is 0 Å². The maximum atomic E-state index is 14.2. The molecule has 5 rings (SSSR count). The molecule has 0 bridgehead atoms. The molecule has 0 saturated heterocycles. The zero-order valence-electron chi connectivity index (χ0n) is 14.5. The van der Waals surface area contributed by atoms with Crippen LogP contribution in [0.2, 0.25) is 0 Å². The minimum Gasteiger partial charge on any atom is -0.319 e. The van der Waals surface area contributed by atoms with Crippen LogP contribution in [0.4, 0.5) is 8.78 Å². The van der Waals surface area contributed by atoms with Crippen molar-refractivity contribution in [1.82, 2.24) is 14.6 Å². The molecule has 0 radical (unpaired) electrons. The van der Waals surface area contributed by atoms with E-state index in [1.54, 1.807) is 0 Å².